The number of anilines is 1. The van der Waals surface area contributed by atoms with Crippen molar-refractivity contribution >= 4 is 22.4 Å². The number of hydrogen-bond acceptors (Lipinski definition) is 4. The Hall–Kier alpha value is -3.67. The van der Waals surface area contributed by atoms with Gasteiger partial charge in [-0.1, -0.05) is 59.8 Å². The minimum atomic E-state index is -0.152. The first-order chi connectivity index (χ1) is 13.7. The van der Waals surface area contributed by atoms with Gasteiger partial charge in [-0.3, -0.25) is 4.79 Å². The number of carbonyl (C=O) groups is 1. The minimum Gasteiger partial charge on any atom is -0.487 e. The summed E-state index contributed by atoms with van der Waals surface area (Å²) in [5.74, 6) is 0.644. The summed E-state index contributed by atoms with van der Waals surface area (Å²) >= 11 is 0. The number of hydrogen-bond donors (Lipinski definition) is 1. The van der Waals surface area contributed by atoms with E-state index < -0.39 is 0 Å². The van der Waals surface area contributed by atoms with E-state index >= 15 is 0 Å². The second-order valence-electron chi connectivity index (χ2n) is 6.54. The van der Waals surface area contributed by atoms with Crippen molar-refractivity contribution in [3.05, 3.63) is 84.2 Å². The average Bonchev–Trinajstić information content (AvgIpc) is 3.15. The Bertz CT molecular complexity index is 1110. The number of nitrogens with one attached hydrogen (secondary N) is 1. The van der Waals surface area contributed by atoms with Crippen LogP contribution in [0.1, 0.15) is 11.3 Å². The summed E-state index contributed by atoms with van der Waals surface area (Å²) in [4.78, 5) is 12.2. The number of para-hydroxylation sites is 1. The van der Waals surface area contributed by atoms with E-state index in [0.717, 1.165) is 27.8 Å². The van der Waals surface area contributed by atoms with Crippen LogP contribution >= 0.6 is 0 Å². The van der Waals surface area contributed by atoms with Crippen LogP contribution in [-0.4, -0.2) is 20.9 Å². The minimum absolute atomic E-state index is 0.0929. The predicted molar refractivity (Wildman–Crippen MR) is 108 cm³/mol. The van der Waals surface area contributed by atoms with Crippen LogP contribution in [0.15, 0.2) is 72.9 Å². The molecule has 6 heteroatoms. The fraction of sp³-hybridized carbons (Fsp3) is 0.136. The van der Waals surface area contributed by atoms with Gasteiger partial charge in [0.05, 0.1) is 6.20 Å². The first kappa shape index (κ1) is 17.7. The molecule has 4 aromatic rings. The Balaban J connectivity index is 1.38. The number of amides is 1. The zero-order valence-corrected chi connectivity index (χ0v) is 15.5. The number of benzene rings is 3. The second-order valence-corrected chi connectivity index (χ2v) is 6.54. The van der Waals surface area contributed by atoms with E-state index in [-0.39, 0.29) is 19.1 Å². The molecule has 6 nitrogen and oxygen atoms in total. The molecule has 0 fully saturated rings. The van der Waals surface area contributed by atoms with Crippen LogP contribution in [-0.2, 0) is 17.9 Å². The standard InChI is InChI=1S/C22H20N4O2/c1-16-7-2-5-11-20(16)23-22(27)14-26-13-18(24-25-26)15-28-21-12-6-9-17-8-3-4-10-19(17)21/h2-13H,14-15H2,1H3,(H,23,27). The summed E-state index contributed by atoms with van der Waals surface area (Å²) in [6, 6.07) is 21.6. The highest BCUT2D eigenvalue weighted by Gasteiger charge is 2.09. The van der Waals surface area contributed by atoms with Crippen LogP contribution < -0.4 is 10.1 Å². The SMILES string of the molecule is Cc1ccccc1NC(=O)Cn1cc(COc2cccc3ccccc23)nn1. The molecule has 140 valence electrons. The molecule has 0 saturated carbocycles. The van der Waals surface area contributed by atoms with Crippen LogP contribution in [0.25, 0.3) is 10.8 Å². The van der Waals surface area contributed by atoms with Gasteiger partial charge in [-0.2, -0.15) is 0 Å². The molecule has 0 unspecified atom stereocenters. The first-order valence-corrected chi connectivity index (χ1v) is 9.04. The molecule has 1 amide bonds. The molecule has 0 aliphatic rings. The Morgan fingerprint density at radius 3 is 2.71 bits per heavy atom. The molecule has 1 N–H and O–H groups in total. The van der Waals surface area contributed by atoms with Crippen LogP contribution in [0.2, 0.25) is 0 Å². The Morgan fingerprint density at radius 1 is 1.04 bits per heavy atom. The predicted octanol–water partition coefficient (Wildman–Crippen LogP) is 3.96. The molecule has 0 saturated heterocycles. The highest BCUT2D eigenvalue weighted by Crippen LogP contribution is 2.25. The van der Waals surface area contributed by atoms with Crippen molar-refractivity contribution in [2.24, 2.45) is 0 Å². The first-order valence-electron chi connectivity index (χ1n) is 9.04. The average molecular weight is 372 g/mol. The lowest BCUT2D eigenvalue weighted by Crippen LogP contribution is -2.19. The zero-order chi connectivity index (χ0) is 19.3. The van der Waals surface area contributed by atoms with Gasteiger partial charge >= 0.3 is 0 Å². The van der Waals surface area contributed by atoms with Crippen molar-refractivity contribution in [1.82, 2.24) is 15.0 Å². The number of ether oxygens (including phenoxy) is 1. The quantitative estimate of drug-likeness (QED) is 0.556. The van der Waals surface area contributed by atoms with Crippen molar-refractivity contribution in [2.75, 3.05) is 5.32 Å². The van der Waals surface area contributed by atoms with Crippen LogP contribution in [0, 0.1) is 6.92 Å². The number of nitrogens with zero attached hydrogens (tertiary/aromatic N) is 3. The normalized spacial score (nSPS) is 10.8. The molecule has 4 rings (SSSR count). The van der Waals surface area contributed by atoms with Gasteiger partial charge in [-0.15, -0.1) is 5.10 Å². The molecule has 0 aliphatic carbocycles. The lowest BCUT2D eigenvalue weighted by Gasteiger charge is -2.08. The Kier molecular flexibility index (Phi) is 5.01. The summed E-state index contributed by atoms with van der Waals surface area (Å²) in [5, 5.41) is 13.2. The smallest absolute Gasteiger partial charge is 0.246 e. The monoisotopic (exact) mass is 372 g/mol. The third kappa shape index (κ3) is 4.01. The summed E-state index contributed by atoms with van der Waals surface area (Å²) < 4.78 is 7.43. The number of aryl methyl sites for hydroxylation is 1. The molecule has 0 atom stereocenters. The maximum absolute atomic E-state index is 12.2. The highest BCUT2D eigenvalue weighted by atomic mass is 16.5. The van der Waals surface area contributed by atoms with Crippen LogP contribution in [0.4, 0.5) is 5.69 Å². The van der Waals surface area contributed by atoms with Crippen LogP contribution in [0.5, 0.6) is 5.75 Å². The van der Waals surface area contributed by atoms with Gasteiger partial charge in [0.15, 0.2) is 0 Å². The number of rotatable bonds is 6. The van der Waals surface area contributed by atoms with Crippen molar-refractivity contribution in [1.29, 1.82) is 0 Å². The van der Waals surface area contributed by atoms with E-state index in [1.54, 1.807) is 6.20 Å². The third-order valence-electron chi connectivity index (χ3n) is 4.44. The Morgan fingerprint density at radius 2 is 1.82 bits per heavy atom. The fourth-order valence-electron chi connectivity index (χ4n) is 3.01. The van der Waals surface area contributed by atoms with Crippen LogP contribution in [0.3, 0.4) is 0 Å². The lowest BCUT2D eigenvalue weighted by molar-refractivity contribution is -0.116. The molecule has 1 aromatic heterocycles. The second kappa shape index (κ2) is 7.92. The Labute approximate surface area is 162 Å². The topological polar surface area (TPSA) is 69.0 Å². The number of fused-ring (bicyclic) bond motifs is 1. The van der Waals surface area contributed by atoms with E-state index in [1.807, 2.05) is 73.7 Å². The molecular formula is C22H20N4O2. The lowest BCUT2D eigenvalue weighted by atomic mass is 10.1. The van der Waals surface area contributed by atoms with Gasteiger partial charge in [0, 0.05) is 11.1 Å². The fourth-order valence-corrected chi connectivity index (χ4v) is 3.01. The summed E-state index contributed by atoms with van der Waals surface area (Å²) in [5.41, 5.74) is 2.47. The van der Waals surface area contributed by atoms with E-state index in [9.17, 15) is 4.79 Å². The number of aromatic nitrogens is 3. The molecule has 0 bridgehead atoms. The van der Waals surface area contributed by atoms with E-state index in [0.29, 0.717) is 5.69 Å². The molecule has 3 aromatic carbocycles. The van der Waals surface area contributed by atoms with Gasteiger partial charge in [0.25, 0.3) is 0 Å². The van der Waals surface area contributed by atoms with E-state index in [4.69, 9.17) is 4.74 Å². The molecular weight excluding hydrogens is 352 g/mol. The zero-order valence-electron chi connectivity index (χ0n) is 15.5. The highest BCUT2D eigenvalue weighted by molar-refractivity contribution is 5.91. The van der Waals surface area contributed by atoms with Gasteiger partial charge < -0.3 is 10.1 Å². The van der Waals surface area contributed by atoms with Crippen molar-refractivity contribution in [3.8, 4) is 5.75 Å². The van der Waals surface area contributed by atoms with Gasteiger partial charge in [0.2, 0.25) is 5.91 Å². The number of carbonyl (C=O) groups excluding carboxylic acids is 1. The van der Waals surface area contributed by atoms with Gasteiger partial charge in [0.1, 0.15) is 24.6 Å². The largest absolute Gasteiger partial charge is 0.487 e. The van der Waals surface area contributed by atoms with E-state index in [1.165, 1.54) is 4.68 Å². The van der Waals surface area contributed by atoms with Crippen molar-refractivity contribution in [2.45, 2.75) is 20.1 Å². The van der Waals surface area contributed by atoms with Crippen molar-refractivity contribution in [3.63, 3.8) is 0 Å². The molecule has 0 spiro atoms. The van der Waals surface area contributed by atoms with Gasteiger partial charge in [-0.05, 0) is 30.0 Å². The summed E-state index contributed by atoms with van der Waals surface area (Å²) in [6.45, 7) is 2.33. The molecule has 28 heavy (non-hydrogen) atoms. The molecule has 0 radical (unpaired) electrons. The van der Waals surface area contributed by atoms with Gasteiger partial charge in [-0.25, -0.2) is 4.68 Å². The van der Waals surface area contributed by atoms with E-state index in [2.05, 4.69) is 15.6 Å². The molecule has 0 aliphatic heterocycles. The maximum atomic E-state index is 12.2. The maximum Gasteiger partial charge on any atom is 0.246 e. The summed E-state index contributed by atoms with van der Waals surface area (Å²) in [7, 11) is 0. The third-order valence-corrected chi connectivity index (χ3v) is 4.44. The summed E-state index contributed by atoms with van der Waals surface area (Å²) in [6.07, 6.45) is 1.72. The van der Waals surface area contributed by atoms with Crippen molar-refractivity contribution < 1.29 is 9.53 Å². The molecule has 1 heterocycles.